The van der Waals surface area contributed by atoms with Crippen molar-refractivity contribution in [2.75, 3.05) is 18.0 Å². The minimum absolute atomic E-state index is 0.164. The summed E-state index contributed by atoms with van der Waals surface area (Å²) in [4.78, 5) is 35.1. The van der Waals surface area contributed by atoms with Gasteiger partial charge >= 0.3 is 11.7 Å². The number of hydrogen-bond acceptors (Lipinski definition) is 7. The highest BCUT2D eigenvalue weighted by Gasteiger charge is 2.25. The molecular formula is C17H14FN3O6. The van der Waals surface area contributed by atoms with Crippen molar-refractivity contribution >= 4 is 23.0 Å². The van der Waals surface area contributed by atoms with Crippen molar-refractivity contribution in [3.63, 3.8) is 0 Å². The zero-order valence-electron chi connectivity index (χ0n) is 14.0. The molecule has 1 heterocycles. The molecule has 2 aromatic carbocycles. The first-order chi connectivity index (χ1) is 12.9. The molecule has 3 rings (SSSR count). The molecule has 27 heavy (non-hydrogen) atoms. The van der Waals surface area contributed by atoms with Crippen LogP contribution in [-0.4, -0.2) is 28.9 Å². The molecule has 0 N–H and O–H groups in total. The number of carbonyl (C=O) groups is 1. The fourth-order valence-electron chi connectivity index (χ4n) is 2.90. The summed E-state index contributed by atoms with van der Waals surface area (Å²) in [5.74, 6) is -2.45. The van der Waals surface area contributed by atoms with E-state index in [-0.39, 0.29) is 11.3 Å². The van der Waals surface area contributed by atoms with E-state index in [4.69, 9.17) is 4.74 Å². The fraction of sp³-hybridized carbons (Fsp3) is 0.235. The first-order valence-corrected chi connectivity index (χ1v) is 8.06. The van der Waals surface area contributed by atoms with Gasteiger partial charge in [0.2, 0.25) is 5.75 Å². The van der Waals surface area contributed by atoms with Crippen LogP contribution < -0.4 is 9.64 Å². The highest BCUT2D eigenvalue weighted by atomic mass is 19.1. The van der Waals surface area contributed by atoms with Crippen LogP contribution in [0.1, 0.15) is 23.2 Å². The molecule has 0 saturated carbocycles. The predicted molar refractivity (Wildman–Crippen MR) is 92.6 cm³/mol. The van der Waals surface area contributed by atoms with Crippen LogP contribution in [0.3, 0.4) is 0 Å². The molecule has 1 aliphatic rings. The van der Waals surface area contributed by atoms with Crippen molar-refractivity contribution in [3.8, 4) is 5.75 Å². The van der Waals surface area contributed by atoms with E-state index in [2.05, 4.69) is 0 Å². The Kier molecular flexibility index (Phi) is 4.97. The Morgan fingerprint density at radius 3 is 2.30 bits per heavy atom. The monoisotopic (exact) mass is 375 g/mol. The van der Waals surface area contributed by atoms with Gasteiger partial charge in [0.25, 0.3) is 5.69 Å². The lowest BCUT2D eigenvalue weighted by atomic mass is 10.1. The van der Waals surface area contributed by atoms with Crippen LogP contribution >= 0.6 is 0 Å². The summed E-state index contributed by atoms with van der Waals surface area (Å²) < 4.78 is 18.3. The lowest BCUT2D eigenvalue weighted by molar-refractivity contribution is -0.385. The van der Waals surface area contributed by atoms with Gasteiger partial charge in [-0.1, -0.05) is 0 Å². The Hall–Kier alpha value is -3.56. The third-order valence-electron chi connectivity index (χ3n) is 4.18. The molecule has 1 fully saturated rings. The van der Waals surface area contributed by atoms with E-state index < -0.39 is 33.1 Å². The number of carbonyl (C=O) groups excluding carboxylic acids is 1. The first-order valence-electron chi connectivity index (χ1n) is 8.06. The molecule has 0 aliphatic carbocycles. The smallest absolute Gasteiger partial charge is 0.344 e. The van der Waals surface area contributed by atoms with Gasteiger partial charge in [0.05, 0.1) is 15.4 Å². The number of ether oxygens (including phenoxy) is 1. The zero-order chi connectivity index (χ0) is 19.6. The van der Waals surface area contributed by atoms with Gasteiger partial charge in [-0.3, -0.25) is 20.2 Å². The number of benzene rings is 2. The second-order valence-electron chi connectivity index (χ2n) is 5.91. The third-order valence-corrected chi connectivity index (χ3v) is 4.18. The van der Waals surface area contributed by atoms with E-state index in [0.29, 0.717) is 24.8 Å². The molecule has 10 heteroatoms. The summed E-state index contributed by atoms with van der Waals surface area (Å²) in [7, 11) is 0. The van der Waals surface area contributed by atoms with Crippen LogP contribution in [0.4, 0.5) is 21.5 Å². The number of hydrogen-bond donors (Lipinski definition) is 0. The average molecular weight is 375 g/mol. The molecule has 1 aliphatic heterocycles. The average Bonchev–Trinajstić information content (AvgIpc) is 3.15. The van der Waals surface area contributed by atoms with Crippen molar-refractivity contribution in [2.24, 2.45) is 0 Å². The number of rotatable bonds is 5. The van der Waals surface area contributed by atoms with Gasteiger partial charge in [-0.15, -0.1) is 0 Å². The van der Waals surface area contributed by atoms with Crippen molar-refractivity contribution in [2.45, 2.75) is 12.8 Å². The zero-order valence-corrected chi connectivity index (χ0v) is 14.0. The van der Waals surface area contributed by atoms with Crippen LogP contribution in [-0.2, 0) is 0 Å². The van der Waals surface area contributed by atoms with Crippen LogP contribution in [0.5, 0.6) is 5.75 Å². The van der Waals surface area contributed by atoms with Gasteiger partial charge in [0.1, 0.15) is 11.5 Å². The SMILES string of the molecule is O=C(Oc1cc(F)ccc1[N+](=O)[O-])c1ccc(N2CCCC2)c([N+](=O)[O-])c1. The number of esters is 1. The molecule has 0 unspecified atom stereocenters. The van der Waals surface area contributed by atoms with Gasteiger partial charge in [-0.05, 0) is 31.0 Å². The van der Waals surface area contributed by atoms with Gasteiger partial charge in [-0.25, -0.2) is 9.18 Å². The maximum absolute atomic E-state index is 13.4. The maximum Gasteiger partial charge on any atom is 0.344 e. The molecular weight excluding hydrogens is 361 g/mol. The van der Waals surface area contributed by atoms with Gasteiger partial charge in [0, 0.05) is 31.3 Å². The Balaban J connectivity index is 1.91. The quantitative estimate of drug-likeness (QED) is 0.340. The molecule has 0 atom stereocenters. The second kappa shape index (κ2) is 7.36. The fourth-order valence-corrected chi connectivity index (χ4v) is 2.90. The number of nitrogens with zero attached hydrogens (tertiary/aromatic N) is 3. The van der Waals surface area contributed by atoms with E-state index in [9.17, 15) is 29.4 Å². The maximum atomic E-state index is 13.4. The number of nitro benzene ring substituents is 2. The summed E-state index contributed by atoms with van der Waals surface area (Å²) in [5, 5.41) is 22.4. The van der Waals surface area contributed by atoms with Crippen LogP contribution in [0.25, 0.3) is 0 Å². The van der Waals surface area contributed by atoms with Crippen LogP contribution in [0, 0.1) is 26.0 Å². The predicted octanol–water partition coefficient (Wildman–Crippen LogP) is 3.46. The summed E-state index contributed by atoms with van der Waals surface area (Å²) in [6.07, 6.45) is 1.84. The lowest BCUT2D eigenvalue weighted by Crippen LogP contribution is -2.19. The van der Waals surface area contributed by atoms with Crippen LogP contribution in [0.15, 0.2) is 36.4 Å². The summed E-state index contributed by atoms with van der Waals surface area (Å²) in [6, 6.07) is 6.29. The minimum Gasteiger partial charge on any atom is -0.415 e. The minimum atomic E-state index is -1.06. The number of anilines is 1. The molecule has 1 saturated heterocycles. The lowest BCUT2D eigenvalue weighted by Gasteiger charge is -2.17. The molecule has 0 spiro atoms. The Labute approximate surface area is 152 Å². The Bertz CT molecular complexity index is 927. The summed E-state index contributed by atoms with van der Waals surface area (Å²) >= 11 is 0. The van der Waals surface area contributed by atoms with Gasteiger partial charge in [0.15, 0.2) is 0 Å². The molecule has 140 valence electrons. The van der Waals surface area contributed by atoms with Crippen molar-refractivity contribution < 1.29 is 23.8 Å². The molecule has 0 amide bonds. The highest BCUT2D eigenvalue weighted by Crippen LogP contribution is 2.33. The van der Waals surface area contributed by atoms with E-state index in [0.717, 1.165) is 31.0 Å². The summed E-state index contributed by atoms with van der Waals surface area (Å²) in [5.41, 5.74) is -0.623. The van der Waals surface area contributed by atoms with E-state index in [1.807, 2.05) is 4.90 Å². The summed E-state index contributed by atoms with van der Waals surface area (Å²) in [6.45, 7) is 1.36. The largest absolute Gasteiger partial charge is 0.415 e. The van der Waals surface area contributed by atoms with E-state index in [1.165, 1.54) is 12.1 Å². The molecule has 2 aromatic rings. The highest BCUT2D eigenvalue weighted by molar-refractivity contribution is 5.93. The Morgan fingerprint density at radius 2 is 1.67 bits per heavy atom. The van der Waals surface area contributed by atoms with Gasteiger partial charge in [-0.2, -0.15) is 0 Å². The van der Waals surface area contributed by atoms with Crippen molar-refractivity contribution in [1.29, 1.82) is 0 Å². The topological polar surface area (TPSA) is 116 Å². The first kappa shape index (κ1) is 18.2. The molecule has 0 bridgehead atoms. The number of nitro groups is 2. The Morgan fingerprint density at radius 1 is 1.00 bits per heavy atom. The van der Waals surface area contributed by atoms with Crippen LogP contribution in [0.2, 0.25) is 0 Å². The standard InChI is InChI=1S/C17H14FN3O6/c18-12-4-6-14(20(23)24)16(10-12)27-17(22)11-3-5-13(15(9-11)21(25)26)19-7-1-2-8-19/h3-6,9-10H,1-2,7-8H2. The van der Waals surface area contributed by atoms with E-state index in [1.54, 1.807) is 0 Å². The van der Waals surface area contributed by atoms with Crippen molar-refractivity contribution in [1.82, 2.24) is 0 Å². The molecule has 0 aromatic heterocycles. The number of halogens is 1. The van der Waals surface area contributed by atoms with Crippen molar-refractivity contribution in [3.05, 3.63) is 68.0 Å². The molecule has 0 radical (unpaired) electrons. The van der Waals surface area contributed by atoms with Gasteiger partial charge < -0.3 is 9.64 Å². The third kappa shape index (κ3) is 3.84. The molecule has 9 nitrogen and oxygen atoms in total. The van der Waals surface area contributed by atoms with E-state index >= 15 is 0 Å². The normalized spacial score (nSPS) is 13.4. The second-order valence-corrected chi connectivity index (χ2v) is 5.91.